The van der Waals surface area contributed by atoms with Crippen molar-refractivity contribution in [1.29, 1.82) is 0 Å². The highest BCUT2D eigenvalue weighted by Crippen LogP contribution is 2.47. The van der Waals surface area contributed by atoms with Gasteiger partial charge in [0.2, 0.25) is 11.2 Å². The second-order valence-electron chi connectivity index (χ2n) is 7.57. The predicted octanol–water partition coefficient (Wildman–Crippen LogP) is 4.22. The number of carbonyl (C=O) groups excluding carboxylic acids is 1. The van der Waals surface area contributed by atoms with E-state index in [1.165, 1.54) is 10.4 Å². The minimum atomic E-state index is 0.168. The molecular weight excluding hydrogens is 370 g/mol. The minimum Gasteiger partial charge on any atom is -0.474 e. The highest BCUT2D eigenvalue weighted by atomic mass is 35.5. The number of aryl methyl sites for hydroxylation is 1. The van der Waals surface area contributed by atoms with Crippen LogP contribution >= 0.6 is 22.9 Å². The Balaban J connectivity index is 1.64. The number of nitrogens with zero attached hydrogens (tertiary/aromatic N) is 3. The van der Waals surface area contributed by atoms with Gasteiger partial charge in [-0.1, -0.05) is 0 Å². The summed E-state index contributed by atoms with van der Waals surface area (Å²) < 4.78 is 6.35. The summed E-state index contributed by atoms with van der Waals surface area (Å²) in [6.45, 7) is 0. The number of aromatic nitrogens is 2. The summed E-state index contributed by atoms with van der Waals surface area (Å²) >= 11 is 7.84. The smallest absolute Gasteiger partial charge is 0.227 e. The number of thiophene rings is 1. The highest BCUT2D eigenvalue weighted by Gasteiger charge is 2.31. The maximum absolute atomic E-state index is 11.1. The standard InChI is InChI=1S/C19H24ClN3O2S/c1-23(2)12-4-6-13(7-5-12)25-17-16-15-11(9-10-24)3-8-14(15)26-18(16)22-19(20)21-17/h10-13H,3-9H2,1-2H3/t11-,12?,13?/m1/s1. The second-order valence-corrected chi connectivity index (χ2v) is 8.99. The van der Waals surface area contributed by atoms with E-state index >= 15 is 0 Å². The first-order valence-corrected chi connectivity index (χ1v) is 10.5. The van der Waals surface area contributed by atoms with Crippen molar-refractivity contribution in [2.45, 2.75) is 63.0 Å². The molecule has 1 atom stereocenters. The van der Waals surface area contributed by atoms with Crippen molar-refractivity contribution in [3.63, 3.8) is 0 Å². The molecule has 0 radical (unpaired) electrons. The van der Waals surface area contributed by atoms with Crippen LogP contribution in [0.3, 0.4) is 0 Å². The van der Waals surface area contributed by atoms with Gasteiger partial charge in [0.15, 0.2) is 0 Å². The third kappa shape index (κ3) is 3.35. The molecule has 0 amide bonds. The molecule has 2 aromatic heterocycles. The third-order valence-corrected chi connectivity index (χ3v) is 7.09. The number of halogens is 1. The fourth-order valence-electron chi connectivity index (χ4n) is 4.35. The Kier molecular flexibility index (Phi) is 5.17. The van der Waals surface area contributed by atoms with Crippen LogP contribution in [0.5, 0.6) is 5.88 Å². The normalized spacial score (nSPS) is 25.6. The summed E-state index contributed by atoms with van der Waals surface area (Å²) in [5.41, 5.74) is 1.23. The summed E-state index contributed by atoms with van der Waals surface area (Å²) in [6.07, 6.45) is 8.07. The Labute approximate surface area is 162 Å². The fourth-order valence-corrected chi connectivity index (χ4v) is 5.83. The van der Waals surface area contributed by atoms with Crippen molar-refractivity contribution in [2.24, 2.45) is 0 Å². The lowest BCUT2D eigenvalue weighted by Gasteiger charge is -2.32. The molecule has 2 aromatic rings. The van der Waals surface area contributed by atoms with Gasteiger partial charge in [0.25, 0.3) is 0 Å². The molecule has 0 bridgehead atoms. The zero-order valence-electron chi connectivity index (χ0n) is 15.2. The molecule has 0 N–H and O–H groups in total. The lowest BCUT2D eigenvalue weighted by atomic mass is 9.92. The topological polar surface area (TPSA) is 55.3 Å². The van der Waals surface area contributed by atoms with Crippen LogP contribution < -0.4 is 4.74 Å². The monoisotopic (exact) mass is 393 g/mol. The molecule has 2 aliphatic rings. The zero-order chi connectivity index (χ0) is 18.3. The quantitative estimate of drug-likeness (QED) is 0.562. The summed E-state index contributed by atoms with van der Waals surface area (Å²) in [6, 6.07) is 0.631. The minimum absolute atomic E-state index is 0.168. The van der Waals surface area contributed by atoms with E-state index in [1.807, 2.05) is 0 Å². The average molecular weight is 394 g/mol. The van der Waals surface area contributed by atoms with Crippen LogP contribution in [0.4, 0.5) is 0 Å². The number of fused-ring (bicyclic) bond motifs is 3. The largest absolute Gasteiger partial charge is 0.474 e. The van der Waals surface area contributed by atoms with E-state index in [2.05, 4.69) is 29.0 Å². The molecule has 2 heterocycles. The molecule has 0 unspecified atom stereocenters. The first-order valence-electron chi connectivity index (χ1n) is 9.32. The molecule has 0 saturated heterocycles. The van der Waals surface area contributed by atoms with E-state index in [1.54, 1.807) is 11.3 Å². The first-order chi connectivity index (χ1) is 12.6. The lowest BCUT2D eigenvalue weighted by Crippen LogP contribution is -2.35. The molecule has 4 rings (SSSR count). The van der Waals surface area contributed by atoms with Crippen molar-refractivity contribution in [3.8, 4) is 5.88 Å². The van der Waals surface area contributed by atoms with Gasteiger partial charge in [0, 0.05) is 17.3 Å². The molecule has 2 aliphatic carbocycles. The van der Waals surface area contributed by atoms with Gasteiger partial charge in [-0.2, -0.15) is 4.98 Å². The van der Waals surface area contributed by atoms with E-state index in [4.69, 9.17) is 16.3 Å². The van der Waals surface area contributed by atoms with E-state index < -0.39 is 0 Å². The Bertz CT molecular complexity index is 815. The van der Waals surface area contributed by atoms with Crippen molar-refractivity contribution in [3.05, 3.63) is 15.7 Å². The van der Waals surface area contributed by atoms with Crippen molar-refractivity contribution < 1.29 is 9.53 Å². The van der Waals surface area contributed by atoms with Crippen LogP contribution in [0, 0.1) is 0 Å². The fraction of sp³-hybridized carbons (Fsp3) is 0.632. The molecule has 0 aliphatic heterocycles. The predicted molar refractivity (Wildman–Crippen MR) is 105 cm³/mol. The van der Waals surface area contributed by atoms with Gasteiger partial charge >= 0.3 is 0 Å². The number of hydrogen-bond acceptors (Lipinski definition) is 6. The van der Waals surface area contributed by atoms with Gasteiger partial charge < -0.3 is 14.4 Å². The number of hydrogen-bond donors (Lipinski definition) is 0. The second kappa shape index (κ2) is 7.41. The summed E-state index contributed by atoms with van der Waals surface area (Å²) in [5, 5.41) is 1.23. The summed E-state index contributed by atoms with van der Waals surface area (Å²) in [5.74, 6) is 0.872. The Hall–Kier alpha value is -1.24. The molecule has 26 heavy (non-hydrogen) atoms. The van der Waals surface area contributed by atoms with Gasteiger partial charge in [-0.15, -0.1) is 11.3 Å². The molecule has 1 saturated carbocycles. The SMILES string of the molecule is CN(C)C1CCC(Oc2nc(Cl)nc3sc4c(c23)[C@@H](CC=O)CC4)CC1. The van der Waals surface area contributed by atoms with Crippen molar-refractivity contribution in [1.82, 2.24) is 14.9 Å². The molecule has 0 aromatic carbocycles. The average Bonchev–Trinajstić information content (AvgIpc) is 3.15. The Morgan fingerprint density at radius 2 is 2.00 bits per heavy atom. The van der Waals surface area contributed by atoms with E-state index in [-0.39, 0.29) is 17.3 Å². The van der Waals surface area contributed by atoms with Gasteiger partial charge in [0.05, 0.1) is 5.39 Å². The molecule has 1 fully saturated rings. The first kappa shape index (κ1) is 18.1. The van der Waals surface area contributed by atoms with Gasteiger partial charge in [-0.05, 0) is 75.7 Å². The molecule has 0 spiro atoms. The Morgan fingerprint density at radius 1 is 1.23 bits per heavy atom. The number of aldehydes is 1. The molecule has 140 valence electrons. The maximum Gasteiger partial charge on any atom is 0.227 e. The van der Waals surface area contributed by atoms with Crippen LogP contribution in [0.25, 0.3) is 10.2 Å². The van der Waals surface area contributed by atoms with E-state index in [0.717, 1.165) is 55.0 Å². The van der Waals surface area contributed by atoms with Crippen molar-refractivity contribution in [2.75, 3.05) is 14.1 Å². The number of rotatable bonds is 5. The number of ether oxygens (including phenoxy) is 1. The van der Waals surface area contributed by atoms with Crippen LogP contribution in [-0.4, -0.2) is 47.4 Å². The van der Waals surface area contributed by atoms with Crippen LogP contribution in [0.2, 0.25) is 5.28 Å². The maximum atomic E-state index is 11.1. The van der Waals surface area contributed by atoms with Crippen LogP contribution in [-0.2, 0) is 11.2 Å². The van der Waals surface area contributed by atoms with Crippen LogP contribution in [0.1, 0.15) is 54.9 Å². The molecular formula is C19H24ClN3O2S. The van der Waals surface area contributed by atoms with Gasteiger partial charge in [-0.3, -0.25) is 0 Å². The summed E-state index contributed by atoms with van der Waals surface area (Å²) in [7, 11) is 4.28. The summed E-state index contributed by atoms with van der Waals surface area (Å²) in [4.78, 5) is 24.4. The molecule has 7 heteroatoms. The highest BCUT2D eigenvalue weighted by molar-refractivity contribution is 7.19. The van der Waals surface area contributed by atoms with Crippen molar-refractivity contribution >= 4 is 39.4 Å². The number of carbonyl (C=O) groups is 1. The van der Waals surface area contributed by atoms with Gasteiger partial charge in [-0.25, -0.2) is 4.98 Å². The van der Waals surface area contributed by atoms with Gasteiger partial charge in [0.1, 0.15) is 17.2 Å². The van der Waals surface area contributed by atoms with E-state index in [0.29, 0.717) is 18.3 Å². The Morgan fingerprint density at radius 3 is 2.69 bits per heavy atom. The third-order valence-electron chi connectivity index (χ3n) is 5.77. The molecule has 5 nitrogen and oxygen atoms in total. The lowest BCUT2D eigenvalue weighted by molar-refractivity contribution is -0.108. The van der Waals surface area contributed by atoms with E-state index in [9.17, 15) is 4.79 Å². The zero-order valence-corrected chi connectivity index (χ0v) is 16.8. The van der Waals surface area contributed by atoms with Crippen LogP contribution in [0.15, 0.2) is 0 Å².